The number of nitrogens with two attached hydrogens (primary N) is 1. The summed E-state index contributed by atoms with van der Waals surface area (Å²) in [7, 11) is 2.08. The van der Waals surface area contributed by atoms with Crippen LogP contribution in [0.1, 0.15) is 10.6 Å². The van der Waals surface area contributed by atoms with Gasteiger partial charge in [0.2, 0.25) is 0 Å². The lowest BCUT2D eigenvalue weighted by Crippen LogP contribution is -2.23. The Morgan fingerprint density at radius 1 is 1.37 bits per heavy atom. The van der Waals surface area contributed by atoms with Gasteiger partial charge >= 0.3 is 0 Å². The lowest BCUT2D eigenvalue weighted by molar-refractivity contribution is 0.234. The molecule has 0 aliphatic rings. The van der Waals surface area contributed by atoms with Crippen LogP contribution in [0.3, 0.4) is 0 Å². The van der Waals surface area contributed by atoms with E-state index in [1.54, 1.807) is 11.3 Å². The first-order valence-electron chi connectivity index (χ1n) is 6.21. The van der Waals surface area contributed by atoms with Crippen LogP contribution in [-0.2, 0) is 6.54 Å². The molecule has 0 unspecified atom stereocenters. The summed E-state index contributed by atoms with van der Waals surface area (Å²) in [4.78, 5) is 7.78. The molecule has 4 nitrogen and oxygen atoms in total. The van der Waals surface area contributed by atoms with Gasteiger partial charge in [-0.3, -0.25) is 4.90 Å². The standard InChI is InChI=1S/C14H19N3OS/c1-11-14(19-10-16-11)9-17(2)7-8-18-13-6-4-3-5-12(13)15/h3-6,10H,7-9,15H2,1-2H3. The molecule has 0 radical (unpaired) electrons. The monoisotopic (exact) mass is 277 g/mol. The van der Waals surface area contributed by atoms with Crippen molar-refractivity contribution in [2.75, 3.05) is 25.9 Å². The van der Waals surface area contributed by atoms with Crippen LogP contribution in [0, 0.1) is 6.92 Å². The molecule has 2 N–H and O–H groups in total. The molecule has 0 saturated carbocycles. The van der Waals surface area contributed by atoms with Crippen molar-refractivity contribution in [2.45, 2.75) is 13.5 Å². The normalized spacial score (nSPS) is 10.9. The number of ether oxygens (including phenoxy) is 1. The number of nitrogen functional groups attached to an aromatic ring is 1. The minimum Gasteiger partial charge on any atom is -0.490 e. The number of anilines is 1. The second-order valence-corrected chi connectivity index (χ2v) is 5.42. The van der Waals surface area contributed by atoms with E-state index in [1.807, 2.05) is 36.7 Å². The first-order chi connectivity index (χ1) is 9.16. The summed E-state index contributed by atoms with van der Waals surface area (Å²) in [6.45, 7) is 4.43. The van der Waals surface area contributed by atoms with Gasteiger partial charge in [0.25, 0.3) is 0 Å². The molecule has 2 aromatic rings. The summed E-state index contributed by atoms with van der Waals surface area (Å²) in [6.07, 6.45) is 0. The number of aromatic nitrogens is 1. The minimum absolute atomic E-state index is 0.628. The topological polar surface area (TPSA) is 51.4 Å². The van der Waals surface area contributed by atoms with Crippen molar-refractivity contribution in [3.63, 3.8) is 0 Å². The molecule has 0 bridgehead atoms. The Morgan fingerprint density at radius 3 is 2.84 bits per heavy atom. The number of para-hydroxylation sites is 2. The van der Waals surface area contributed by atoms with E-state index in [9.17, 15) is 0 Å². The summed E-state index contributed by atoms with van der Waals surface area (Å²) in [5.74, 6) is 0.755. The largest absolute Gasteiger partial charge is 0.490 e. The second-order valence-electron chi connectivity index (χ2n) is 4.49. The number of aryl methyl sites for hydroxylation is 1. The number of rotatable bonds is 6. The third-order valence-electron chi connectivity index (χ3n) is 2.91. The van der Waals surface area contributed by atoms with E-state index in [4.69, 9.17) is 10.5 Å². The molecule has 0 aliphatic carbocycles. The van der Waals surface area contributed by atoms with Gasteiger partial charge in [-0.15, -0.1) is 11.3 Å². The number of hydrogen-bond donors (Lipinski definition) is 1. The molecule has 1 aromatic carbocycles. The van der Waals surface area contributed by atoms with Gasteiger partial charge in [0.05, 0.1) is 16.9 Å². The van der Waals surface area contributed by atoms with E-state index in [2.05, 4.69) is 16.9 Å². The molecule has 0 aliphatic heterocycles. The Bertz CT molecular complexity index is 527. The highest BCUT2D eigenvalue weighted by molar-refractivity contribution is 7.09. The molecule has 1 aromatic heterocycles. The van der Waals surface area contributed by atoms with E-state index in [-0.39, 0.29) is 0 Å². The first-order valence-corrected chi connectivity index (χ1v) is 7.09. The fourth-order valence-corrected chi connectivity index (χ4v) is 2.58. The van der Waals surface area contributed by atoms with Crippen LogP contribution in [0.15, 0.2) is 29.8 Å². The highest BCUT2D eigenvalue weighted by Gasteiger charge is 2.06. The quantitative estimate of drug-likeness (QED) is 0.824. The summed E-state index contributed by atoms with van der Waals surface area (Å²) in [5, 5.41) is 0. The van der Waals surface area contributed by atoms with E-state index >= 15 is 0 Å². The molecule has 19 heavy (non-hydrogen) atoms. The van der Waals surface area contributed by atoms with Crippen LogP contribution < -0.4 is 10.5 Å². The molecule has 0 spiro atoms. The number of hydrogen-bond acceptors (Lipinski definition) is 5. The van der Waals surface area contributed by atoms with E-state index in [0.29, 0.717) is 12.3 Å². The van der Waals surface area contributed by atoms with Gasteiger partial charge in [0, 0.05) is 18.0 Å². The molecular formula is C14H19N3OS. The Hall–Kier alpha value is -1.59. The maximum Gasteiger partial charge on any atom is 0.142 e. The molecule has 1 heterocycles. The van der Waals surface area contributed by atoms with Crippen molar-refractivity contribution in [2.24, 2.45) is 0 Å². The Kier molecular flexibility index (Phi) is 4.76. The van der Waals surface area contributed by atoms with Gasteiger partial charge in [-0.05, 0) is 26.1 Å². The number of nitrogens with zero attached hydrogens (tertiary/aromatic N) is 2. The maximum atomic E-state index is 5.82. The Balaban J connectivity index is 1.77. The van der Waals surface area contributed by atoms with Gasteiger partial charge < -0.3 is 10.5 Å². The van der Waals surface area contributed by atoms with Gasteiger partial charge in [0.15, 0.2) is 0 Å². The van der Waals surface area contributed by atoms with Crippen LogP contribution in [0.5, 0.6) is 5.75 Å². The number of thiazole rings is 1. The molecule has 0 saturated heterocycles. The van der Waals surface area contributed by atoms with Crippen molar-refractivity contribution in [1.82, 2.24) is 9.88 Å². The van der Waals surface area contributed by atoms with Gasteiger partial charge in [-0.1, -0.05) is 12.1 Å². The summed E-state index contributed by atoms with van der Waals surface area (Å²) >= 11 is 1.70. The molecule has 2 rings (SSSR count). The van der Waals surface area contributed by atoms with Crippen molar-refractivity contribution in [3.05, 3.63) is 40.3 Å². The second kappa shape index (κ2) is 6.54. The molecular weight excluding hydrogens is 258 g/mol. The average Bonchev–Trinajstić information content (AvgIpc) is 2.77. The predicted octanol–water partition coefficient (Wildman–Crippen LogP) is 2.54. The minimum atomic E-state index is 0.628. The van der Waals surface area contributed by atoms with Gasteiger partial charge in [0.1, 0.15) is 12.4 Å². The van der Waals surface area contributed by atoms with E-state index in [0.717, 1.165) is 24.5 Å². The Labute approximate surface area is 117 Å². The van der Waals surface area contributed by atoms with Crippen LogP contribution >= 0.6 is 11.3 Å². The van der Waals surface area contributed by atoms with Crippen molar-refractivity contribution >= 4 is 17.0 Å². The SMILES string of the molecule is Cc1ncsc1CN(C)CCOc1ccccc1N. The summed E-state index contributed by atoms with van der Waals surface area (Å²) < 4.78 is 5.68. The third-order valence-corrected chi connectivity index (χ3v) is 3.83. The van der Waals surface area contributed by atoms with Crippen LogP contribution in [0.25, 0.3) is 0 Å². The van der Waals surface area contributed by atoms with Crippen molar-refractivity contribution < 1.29 is 4.74 Å². The van der Waals surface area contributed by atoms with Crippen molar-refractivity contribution in [3.8, 4) is 5.75 Å². The molecule has 0 amide bonds. The summed E-state index contributed by atoms with van der Waals surface area (Å²) in [6, 6.07) is 7.57. The van der Waals surface area contributed by atoms with Crippen LogP contribution in [-0.4, -0.2) is 30.1 Å². The highest BCUT2D eigenvalue weighted by atomic mass is 32.1. The van der Waals surface area contributed by atoms with Crippen molar-refractivity contribution in [1.29, 1.82) is 0 Å². The highest BCUT2D eigenvalue weighted by Crippen LogP contribution is 2.19. The zero-order chi connectivity index (χ0) is 13.7. The molecule has 0 fully saturated rings. The van der Waals surface area contributed by atoms with E-state index in [1.165, 1.54) is 4.88 Å². The summed E-state index contributed by atoms with van der Waals surface area (Å²) in [5.41, 5.74) is 9.51. The Morgan fingerprint density at radius 2 is 2.16 bits per heavy atom. The van der Waals surface area contributed by atoms with E-state index < -0.39 is 0 Å². The molecule has 0 atom stereocenters. The molecule has 102 valence electrons. The number of likely N-dealkylation sites (N-methyl/N-ethyl adjacent to an activating group) is 1. The third kappa shape index (κ3) is 3.94. The molecule has 5 heteroatoms. The van der Waals surface area contributed by atoms with Gasteiger partial charge in [-0.2, -0.15) is 0 Å². The lowest BCUT2D eigenvalue weighted by atomic mass is 10.3. The average molecular weight is 277 g/mol. The first kappa shape index (κ1) is 13.8. The zero-order valence-corrected chi connectivity index (χ0v) is 12.1. The van der Waals surface area contributed by atoms with Gasteiger partial charge in [-0.25, -0.2) is 4.98 Å². The van der Waals surface area contributed by atoms with Crippen LogP contribution in [0.2, 0.25) is 0 Å². The fraction of sp³-hybridized carbons (Fsp3) is 0.357. The fourth-order valence-electron chi connectivity index (χ4n) is 1.73. The maximum absolute atomic E-state index is 5.82. The number of benzene rings is 1. The lowest BCUT2D eigenvalue weighted by Gasteiger charge is -2.16. The van der Waals surface area contributed by atoms with Crippen LogP contribution in [0.4, 0.5) is 5.69 Å². The smallest absolute Gasteiger partial charge is 0.142 e. The zero-order valence-electron chi connectivity index (χ0n) is 11.3. The predicted molar refractivity (Wildman–Crippen MR) is 79.5 cm³/mol.